The highest BCUT2D eigenvalue weighted by Crippen LogP contribution is 2.60. The summed E-state index contributed by atoms with van der Waals surface area (Å²) in [5.74, 6) is 3.48. The largest absolute Gasteiger partial charge is 0.480 e. The number of hydrogen-bond donors (Lipinski definition) is 1. The van der Waals surface area contributed by atoms with E-state index in [0.29, 0.717) is 11.8 Å². The van der Waals surface area contributed by atoms with Crippen LogP contribution in [0.3, 0.4) is 0 Å². The zero-order valence-electron chi connectivity index (χ0n) is 19.4. The van der Waals surface area contributed by atoms with Gasteiger partial charge in [-0.2, -0.15) is 0 Å². The van der Waals surface area contributed by atoms with E-state index in [1.165, 1.54) is 44.1 Å². The smallest absolute Gasteiger partial charge is 0.265 e. The second kappa shape index (κ2) is 8.20. The molecule has 3 aromatic carbocycles. The van der Waals surface area contributed by atoms with Crippen LogP contribution in [0.4, 0.5) is 5.69 Å². The summed E-state index contributed by atoms with van der Waals surface area (Å²) in [4.78, 5) is 13.1. The van der Waals surface area contributed by atoms with Gasteiger partial charge in [0.1, 0.15) is 5.75 Å². The van der Waals surface area contributed by atoms with Crippen LogP contribution < -0.4 is 10.1 Å². The molecule has 1 N–H and O–H groups in total. The van der Waals surface area contributed by atoms with Crippen molar-refractivity contribution >= 4 is 22.4 Å². The molecule has 3 nitrogen and oxygen atoms in total. The highest BCUT2D eigenvalue weighted by molar-refractivity contribution is 5.95. The second-order valence-electron chi connectivity index (χ2n) is 10.8. The van der Waals surface area contributed by atoms with Crippen LogP contribution in [0.25, 0.3) is 10.8 Å². The molecule has 33 heavy (non-hydrogen) atoms. The molecule has 0 radical (unpaired) electrons. The average Bonchev–Trinajstić information content (AvgIpc) is 2.82. The van der Waals surface area contributed by atoms with Gasteiger partial charge < -0.3 is 10.1 Å². The van der Waals surface area contributed by atoms with E-state index in [1.807, 2.05) is 37.3 Å². The molecule has 0 saturated heterocycles. The van der Waals surface area contributed by atoms with Gasteiger partial charge in [-0.05, 0) is 97.3 Å². The van der Waals surface area contributed by atoms with Crippen LogP contribution in [-0.2, 0) is 10.2 Å². The first kappa shape index (κ1) is 20.8. The second-order valence-corrected chi connectivity index (χ2v) is 10.8. The molecule has 0 aliphatic heterocycles. The number of ether oxygens (including phenoxy) is 1. The summed E-state index contributed by atoms with van der Waals surface area (Å²) in [5, 5.41) is 5.25. The van der Waals surface area contributed by atoms with Gasteiger partial charge in [0.15, 0.2) is 6.10 Å². The number of benzene rings is 3. The molecule has 0 aromatic heterocycles. The fourth-order valence-electron chi connectivity index (χ4n) is 7.37. The van der Waals surface area contributed by atoms with Gasteiger partial charge in [0.05, 0.1) is 0 Å². The van der Waals surface area contributed by atoms with Crippen molar-refractivity contribution in [3.63, 3.8) is 0 Å². The Morgan fingerprint density at radius 1 is 0.909 bits per heavy atom. The highest BCUT2D eigenvalue weighted by Gasteiger charge is 2.51. The van der Waals surface area contributed by atoms with Crippen LogP contribution in [0, 0.1) is 17.8 Å². The maximum absolute atomic E-state index is 13.1. The molecule has 7 rings (SSSR count). The molecule has 4 aliphatic rings. The number of anilines is 1. The minimum atomic E-state index is -0.529. The Bertz CT molecular complexity index is 1120. The van der Waals surface area contributed by atoms with Gasteiger partial charge in [-0.3, -0.25) is 4.79 Å². The first-order valence-corrected chi connectivity index (χ1v) is 12.7. The van der Waals surface area contributed by atoms with Crippen molar-refractivity contribution in [2.45, 2.75) is 63.4 Å². The molecule has 4 saturated carbocycles. The molecule has 1 unspecified atom stereocenters. The predicted octanol–water partition coefficient (Wildman–Crippen LogP) is 7.10. The quantitative estimate of drug-likeness (QED) is 0.445. The Hall–Kier alpha value is -2.81. The Morgan fingerprint density at radius 3 is 2.21 bits per heavy atom. The Morgan fingerprint density at radius 2 is 1.55 bits per heavy atom. The molecular formula is C30H33NO2. The van der Waals surface area contributed by atoms with Crippen molar-refractivity contribution in [1.82, 2.24) is 0 Å². The number of carbonyl (C=O) groups excluding carboxylic acids is 1. The van der Waals surface area contributed by atoms with E-state index in [2.05, 4.69) is 41.7 Å². The summed E-state index contributed by atoms with van der Waals surface area (Å²) in [7, 11) is 0. The number of amides is 1. The van der Waals surface area contributed by atoms with Gasteiger partial charge in [-0.15, -0.1) is 0 Å². The molecule has 4 fully saturated rings. The van der Waals surface area contributed by atoms with Crippen LogP contribution in [0.15, 0.2) is 66.7 Å². The molecule has 4 aliphatic carbocycles. The van der Waals surface area contributed by atoms with Gasteiger partial charge in [0.2, 0.25) is 0 Å². The third-order valence-corrected chi connectivity index (χ3v) is 8.49. The van der Waals surface area contributed by atoms with E-state index in [4.69, 9.17) is 4.74 Å². The molecule has 1 atom stereocenters. The standard InChI is InChI=1S/C30H33NO2/c1-2-27(33-28-9-5-7-23-6-3-4-8-26(23)28)29(32)31-25-12-10-24(11-13-25)30-17-20-14-21(18-30)16-22(15-20)19-30/h3-13,20-22,27H,2,14-19H2,1H3,(H,31,32). The van der Waals surface area contributed by atoms with E-state index in [0.717, 1.165) is 40.0 Å². The topological polar surface area (TPSA) is 38.3 Å². The fourth-order valence-corrected chi connectivity index (χ4v) is 7.37. The molecule has 3 heteroatoms. The maximum atomic E-state index is 13.1. The zero-order chi connectivity index (χ0) is 22.4. The summed E-state index contributed by atoms with van der Waals surface area (Å²) >= 11 is 0. The van der Waals surface area contributed by atoms with Crippen LogP contribution in [-0.4, -0.2) is 12.0 Å². The van der Waals surface area contributed by atoms with E-state index in [-0.39, 0.29) is 5.91 Å². The number of carbonyl (C=O) groups is 1. The normalized spacial score (nSPS) is 28.6. The van der Waals surface area contributed by atoms with Gasteiger partial charge in [0, 0.05) is 11.1 Å². The minimum absolute atomic E-state index is 0.0898. The maximum Gasteiger partial charge on any atom is 0.265 e. The molecule has 0 spiro atoms. The van der Waals surface area contributed by atoms with E-state index < -0.39 is 6.10 Å². The first-order chi connectivity index (χ1) is 16.1. The third kappa shape index (κ3) is 3.82. The van der Waals surface area contributed by atoms with Crippen LogP contribution in [0.1, 0.15) is 57.4 Å². The number of nitrogens with one attached hydrogen (secondary N) is 1. The first-order valence-electron chi connectivity index (χ1n) is 12.7. The molecule has 4 bridgehead atoms. The molecular weight excluding hydrogens is 406 g/mol. The Balaban J connectivity index is 1.16. The fraction of sp³-hybridized carbons (Fsp3) is 0.433. The van der Waals surface area contributed by atoms with Gasteiger partial charge in [-0.25, -0.2) is 0 Å². The Kier molecular flexibility index (Phi) is 5.16. The lowest BCUT2D eigenvalue weighted by molar-refractivity contribution is -0.122. The van der Waals surface area contributed by atoms with E-state index >= 15 is 0 Å². The molecule has 0 heterocycles. The van der Waals surface area contributed by atoms with Gasteiger partial charge >= 0.3 is 0 Å². The zero-order valence-corrected chi connectivity index (χ0v) is 19.4. The summed E-state index contributed by atoms with van der Waals surface area (Å²) in [6.07, 6.45) is 8.55. The third-order valence-electron chi connectivity index (χ3n) is 8.49. The van der Waals surface area contributed by atoms with E-state index in [1.54, 1.807) is 0 Å². The molecule has 1 amide bonds. The number of rotatable bonds is 6. The lowest BCUT2D eigenvalue weighted by Gasteiger charge is -2.57. The van der Waals surface area contributed by atoms with Crippen molar-refractivity contribution in [3.05, 3.63) is 72.3 Å². The summed E-state index contributed by atoms with van der Waals surface area (Å²) in [6.45, 7) is 1.99. The van der Waals surface area contributed by atoms with Crippen molar-refractivity contribution < 1.29 is 9.53 Å². The van der Waals surface area contributed by atoms with Crippen molar-refractivity contribution in [1.29, 1.82) is 0 Å². The van der Waals surface area contributed by atoms with Crippen molar-refractivity contribution in [2.24, 2.45) is 17.8 Å². The van der Waals surface area contributed by atoms with Crippen LogP contribution in [0.5, 0.6) is 5.75 Å². The molecule has 170 valence electrons. The lowest BCUT2D eigenvalue weighted by atomic mass is 9.48. The van der Waals surface area contributed by atoms with Crippen LogP contribution in [0.2, 0.25) is 0 Å². The van der Waals surface area contributed by atoms with Gasteiger partial charge in [0.25, 0.3) is 5.91 Å². The van der Waals surface area contributed by atoms with Crippen LogP contribution >= 0.6 is 0 Å². The average molecular weight is 440 g/mol. The monoisotopic (exact) mass is 439 g/mol. The summed E-state index contributed by atoms with van der Waals surface area (Å²) in [6, 6.07) is 22.8. The van der Waals surface area contributed by atoms with Gasteiger partial charge in [-0.1, -0.05) is 55.5 Å². The lowest BCUT2D eigenvalue weighted by Crippen LogP contribution is -2.48. The summed E-state index contributed by atoms with van der Waals surface area (Å²) < 4.78 is 6.19. The highest BCUT2D eigenvalue weighted by atomic mass is 16.5. The van der Waals surface area contributed by atoms with E-state index in [9.17, 15) is 4.79 Å². The van der Waals surface area contributed by atoms with Crippen molar-refractivity contribution in [2.75, 3.05) is 5.32 Å². The predicted molar refractivity (Wildman–Crippen MR) is 134 cm³/mol. The number of fused-ring (bicyclic) bond motifs is 1. The Labute approximate surface area is 196 Å². The molecule has 3 aromatic rings. The number of hydrogen-bond acceptors (Lipinski definition) is 2. The summed E-state index contributed by atoms with van der Waals surface area (Å²) in [5.41, 5.74) is 2.73. The SMILES string of the molecule is CCC(Oc1cccc2ccccc12)C(=O)Nc1ccc(C23CC4CC(CC(C4)C2)C3)cc1. The minimum Gasteiger partial charge on any atom is -0.480 e. The van der Waals surface area contributed by atoms with Crippen molar-refractivity contribution in [3.8, 4) is 5.75 Å².